The molecule has 1 aromatic carbocycles. The van der Waals surface area contributed by atoms with Gasteiger partial charge in [0.05, 0.1) is 21.8 Å². The van der Waals surface area contributed by atoms with Crippen LogP contribution < -0.4 is 0 Å². The summed E-state index contributed by atoms with van der Waals surface area (Å²) >= 11 is 12.0. The van der Waals surface area contributed by atoms with Gasteiger partial charge in [0.25, 0.3) is 5.91 Å². The van der Waals surface area contributed by atoms with Crippen molar-refractivity contribution in [1.29, 1.82) is 0 Å². The van der Waals surface area contributed by atoms with Crippen LogP contribution in [0.5, 0.6) is 0 Å². The maximum Gasteiger partial charge on any atom is 0.274 e. The number of halogens is 2. The molecule has 128 valence electrons. The van der Waals surface area contributed by atoms with Gasteiger partial charge in [0.15, 0.2) is 5.69 Å². The maximum atomic E-state index is 12.7. The molecule has 7 heteroatoms. The SMILES string of the molecule is Cc1cc(C(=O)N2CCC(C)C(O)C2)nn1-c1ccc(Cl)c(Cl)c1. The minimum atomic E-state index is -0.485. The number of rotatable bonds is 2. The van der Waals surface area contributed by atoms with E-state index in [0.717, 1.165) is 17.8 Å². The molecule has 0 saturated carbocycles. The summed E-state index contributed by atoms with van der Waals surface area (Å²) in [5.74, 6) is 0.0485. The Morgan fingerprint density at radius 3 is 2.71 bits per heavy atom. The van der Waals surface area contributed by atoms with E-state index in [1.54, 1.807) is 33.8 Å². The maximum absolute atomic E-state index is 12.7. The molecule has 1 amide bonds. The molecule has 0 spiro atoms. The first kappa shape index (κ1) is 17.3. The fourth-order valence-corrected chi connectivity index (χ4v) is 3.14. The Morgan fingerprint density at radius 1 is 1.29 bits per heavy atom. The first-order valence-electron chi connectivity index (χ1n) is 7.86. The lowest BCUT2D eigenvalue weighted by Crippen LogP contribution is -2.45. The number of benzene rings is 1. The molecule has 1 fully saturated rings. The number of amides is 1. The van der Waals surface area contributed by atoms with Crippen LogP contribution >= 0.6 is 23.2 Å². The summed E-state index contributed by atoms with van der Waals surface area (Å²) in [5, 5.41) is 15.3. The Balaban J connectivity index is 1.85. The van der Waals surface area contributed by atoms with E-state index in [1.165, 1.54) is 0 Å². The zero-order chi connectivity index (χ0) is 17.4. The van der Waals surface area contributed by atoms with Gasteiger partial charge in [-0.05, 0) is 43.5 Å². The Labute approximate surface area is 150 Å². The minimum Gasteiger partial charge on any atom is -0.391 e. The number of aliphatic hydroxyl groups is 1. The lowest BCUT2D eigenvalue weighted by Gasteiger charge is -2.33. The molecule has 24 heavy (non-hydrogen) atoms. The molecule has 2 aromatic rings. The molecule has 1 aliphatic rings. The molecule has 3 rings (SSSR count). The highest BCUT2D eigenvalue weighted by atomic mass is 35.5. The largest absolute Gasteiger partial charge is 0.391 e. The number of carbonyl (C=O) groups is 1. The van der Waals surface area contributed by atoms with Gasteiger partial charge in [0.1, 0.15) is 0 Å². The number of nitrogens with zero attached hydrogens (tertiary/aromatic N) is 3. The summed E-state index contributed by atoms with van der Waals surface area (Å²) in [4.78, 5) is 14.3. The van der Waals surface area contributed by atoms with Gasteiger partial charge in [-0.3, -0.25) is 4.79 Å². The van der Waals surface area contributed by atoms with Crippen LogP contribution in [0.2, 0.25) is 10.0 Å². The predicted molar refractivity (Wildman–Crippen MR) is 94.0 cm³/mol. The van der Waals surface area contributed by atoms with Gasteiger partial charge < -0.3 is 10.0 Å². The lowest BCUT2D eigenvalue weighted by molar-refractivity contribution is 0.0245. The molecule has 0 bridgehead atoms. The molecule has 1 aromatic heterocycles. The molecular formula is C17H19Cl2N3O2. The molecule has 0 aliphatic carbocycles. The average Bonchev–Trinajstić information content (AvgIpc) is 2.94. The van der Waals surface area contributed by atoms with Crippen LogP contribution in [0.3, 0.4) is 0 Å². The van der Waals surface area contributed by atoms with Crippen molar-refractivity contribution in [3.63, 3.8) is 0 Å². The van der Waals surface area contributed by atoms with Crippen molar-refractivity contribution in [1.82, 2.24) is 14.7 Å². The third-order valence-electron chi connectivity index (χ3n) is 4.46. The van der Waals surface area contributed by atoms with Gasteiger partial charge in [-0.25, -0.2) is 4.68 Å². The normalized spacial score (nSPS) is 21.1. The summed E-state index contributed by atoms with van der Waals surface area (Å²) < 4.78 is 1.67. The monoisotopic (exact) mass is 367 g/mol. The van der Waals surface area contributed by atoms with Crippen molar-refractivity contribution in [2.75, 3.05) is 13.1 Å². The molecule has 5 nitrogen and oxygen atoms in total. The summed E-state index contributed by atoms with van der Waals surface area (Å²) in [7, 11) is 0. The van der Waals surface area contributed by atoms with Gasteiger partial charge in [-0.15, -0.1) is 0 Å². The summed E-state index contributed by atoms with van der Waals surface area (Å²) in [6.07, 6.45) is 0.306. The van der Waals surface area contributed by atoms with E-state index < -0.39 is 6.10 Å². The second-order valence-electron chi connectivity index (χ2n) is 6.27. The number of hydrogen-bond donors (Lipinski definition) is 1. The van der Waals surface area contributed by atoms with E-state index in [-0.39, 0.29) is 11.8 Å². The average molecular weight is 368 g/mol. The van der Waals surface area contributed by atoms with E-state index in [0.29, 0.717) is 28.8 Å². The number of carbonyl (C=O) groups excluding carboxylic acids is 1. The van der Waals surface area contributed by atoms with Crippen molar-refractivity contribution >= 4 is 29.1 Å². The van der Waals surface area contributed by atoms with Crippen LogP contribution in [0.1, 0.15) is 29.5 Å². The smallest absolute Gasteiger partial charge is 0.274 e. The first-order chi connectivity index (χ1) is 11.4. The highest BCUT2D eigenvalue weighted by molar-refractivity contribution is 6.42. The quantitative estimate of drug-likeness (QED) is 0.885. The summed E-state index contributed by atoms with van der Waals surface area (Å²) in [6, 6.07) is 6.96. The second kappa shape index (κ2) is 6.75. The Kier molecular flexibility index (Phi) is 4.85. The van der Waals surface area contributed by atoms with E-state index in [2.05, 4.69) is 5.10 Å². The fraction of sp³-hybridized carbons (Fsp3) is 0.412. The first-order valence-corrected chi connectivity index (χ1v) is 8.62. The van der Waals surface area contributed by atoms with E-state index in [1.807, 2.05) is 13.8 Å². The molecule has 1 N–H and O–H groups in total. The Morgan fingerprint density at radius 2 is 2.04 bits per heavy atom. The second-order valence-corrected chi connectivity index (χ2v) is 7.08. The third-order valence-corrected chi connectivity index (χ3v) is 5.20. The fourth-order valence-electron chi connectivity index (χ4n) is 2.85. The summed E-state index contributed by atoms with van der Waals surface area (Å²) in [6.45, 7) is 4.85. The van der Waals surface area contributed by atoms with Crippen LogP contribution in [0.25, 0.3) is 5.69 Å². The third kappa shape index (κ3) is 3.29. The van der Waals surface area contributed by atoms with Crippen LogP contribution in [-0.2, 0) is 0 Å². The van der Waals surface area contributed by atoms with Crippen molar-refractivity contribution in [3.8, 4) is 5.69 Å². The molecule has 2 heterocycles. The van der Waals surface area contributed by atoms with Crippen LogP contribution in [0.15, 0.2) is 24.3 Å². The number of likely N-dealkylation sites (tertiary alicyclic amines) is 1. The van der Waals surface area contributed by atoms with Gasteiger partial charge in [-0.1, -0.05) is 30.1 Å². The number of piperidine rings is 1. The van der Waals surface area contributed by atoms with Crippen molar-refractivity contribution in [2.24, 2.45) is 5.92 Å². The number of aryl methyl sites for hydroxylation is 1. The minimum absolute atomic E-state index is 0.164. The van der Waals surface area contributed by atoms with Gasteiger partial charge >= 0.3 is 0 Å². The molecule has 2 unspecified atom stereocenters. The molecular weight excluding hydrogens is 349 g/mol. The van der Waals surface area contributed by atoms with Crippen LogP contribution in [0, 0.1) is 12.8 Å². The van der Waals surface area contributed by atoms with Crippen LogP contribution in [0.4, 0.5) is 0 Å². The van der Waals surface area contributed by atoms with E-state index in [9.17, 15) is 9.90 Å². The lowest BCUT2D eigenvalue weighted by atomic mass is 9.96. The van der Waals surface area contributed by atoms with Gasteiger partial charge in [0, 0.05) is 18.8 Å². The van der Waals surface area contributed by atoms with E-state index >= 15 is 0 Å². The highest BCUT2D eigenvalue weighted by Gasteiger charge is 2.29. The molecule has 1 saturated heterocycles. The van der Waals surface area contributed by atoms with E-state index in [4.69, 9.17) is 23.2 Å². The molecule has 2 atom stereocenters. The van der Waals surface area contributed by atoms with Gasteiger partial charge in [0.2, 0.25) is 0 Å². The van der Waals surface area contributed by atoms with Crippen LogP contribution in [-0.4, -0.2) is 44.9 Å². The zero-order valence-electron chi connectivity index (χ0n) is 13.5. The summed E-state index contributed by atoms with van der Waals surface area (Å²) in [5.41, 5.74) is 1.93. The predicted octanol–water partition coefficient (Wildman–Crippen LogP) is 3.33. The Hall–Kier alpha value is -1.56. The zero-order valence-corrected chi connectivity index (χ0v) is 15.1. The molecule has 1 aliphatic heterocycles. The van der Waals surface area contributed by atoms with Gasteiger partial charge in [-0.2, -0.15) is 5.10 Å². The molecule has 0 radical (unpaired) electrons. The van der Waals surface area contributed by atoms with Crippen molar-refractivity contribution in [3.05, 3.63) is 45.7 Å². The number of hydrogen-bond acceptors (Lipinski definition) is 3. The number of aromatic nitrogens is 2. The number of β-amino-alcohol motifs (C(OH)–C–C–N with tert-alkyl or cyclic N) is 1. The highest BCUT2D eigenvalue weighted by Crippen LogP contribution is 2.25. The Bertz CT molecular complexity index is 775. The standard InChI is InChI=1S/C17H19Cl2N3O2/c1-10-5-6-21(9-16(10)23)17(24)15-7-11(2)22(20-15)12-3-4-13(18)14(19)8-12/h3-4,7-8,10,16,23H,5-6,9H2,1-2H3. The van der Waals surface area contributed by atoms with Crippen molar-refractivity contribution in [2.45, 2.75) is 26.4 Å². The van der Waals surface area contributed by atoms with Crippen molar-refractivity contribution < 1.29 is 9.90 Å². The topological polar surface area (TPSA) is 58.4 Å². The number of aliphatic hydroxyl groups excluding tert-OH is 1.